The molecule has 3 nitrogen and oxygen atoms in total. The highest BCUT2D eigenvalue weighted by Crippen LogP contribution is 2.22. The van der Waals surface area contributed by atoms with Crippen LogP contribution in [0, 0.1) is 0 Å². The minimum atomic E-state index is -0.954. The maximum atomic E-state index is 11.2. The van der Waals surface area contributed by atoms with Crippen molar-refractivity contribution in [3.8, 4) is 0 Å². The van der Waals surface area contributed by atoms with E-state index < -0.39 is 5.97 Å². The zero-order chi connectivity index (χ0) is 15.2. The third-order valence-electron chi connectivity index (χ3n) is 3.32. The Balaban J connectivity index is 2.01. The number of benzene rings is 2. The Kier molecular flexibility index (Phi) is 5.23. The lowest BCUT2D eigenvalue weighted by molar-refractivity contribution is 0.0698. The molecule has 110 valence electrons. The van der Waals surface area contributed by atoms with E-state index in [0.29, 0.717) is 10.7 Å². The van der Waals surface area contributed by atoms with Crippen molar-refractivity contribution in [2.24, 2.45) is 0 Å². The van der Waals surface area contributed by atoms with Crippen LogP contribution in [-0.2, 0) is 6.42 Å². The molecule has 0 heterocycles. The van der Waals surface area contributed by atoms with E-state index in [2.05, 4.69) is 17.4 Å². The maximum absolute atomic E-state index is 11.2. The summed E-state index contributed by atoms with van der Waals surface area (Å²) in [6.07, 6.45) is 1.85. The van der Waals surface area contributed by atoms with Crippen LogP contribution < -0.4 is 5.32 Å². The van der Waals surface area contributed by atoms with Crippen LogP contribution in [0.25, 0.3) is 0 Å². The van der Waals surface area contributed by atoms with Crippen LogP contribution in [0.5, 0.6) is 0 Å². The van der Waals surface area contributed by atoms with Crippen molar-refractivity contribution in [1.29, 1.82) is 0 Å². The van der Waals surface area contributed by atoms with Crippen molar-refractivity contribution < 1.29 is 9.90 Å². The first-order chi connectivity index (χ1) is 10.1. The van der Waals surface area contributed by atoms with E-state index in [0.717, 1.165) is 12.8 Å². The fraction of sp³-hybridized carbons (Fsp3) is 0.235. The van der Waals surface area contributed by atoms with Gasteiger partial charge < -0.3 is 10.4 Å². The summed E-state index contributed by atoms with van der Waals surface area (Å²) in [5.74, 6) is -0.954. The number of carboxylic acids is 1. The first kappa shape index (κ1) is 15.4. The van der Waals surface area contributed by atoms with Gasteiger partial charge in [-0.25, -0.2) is 4.79 Å². The Labute approximate surface area is 129 Å². The van der Waals surface area contributed by atoms with Gasteiger partial charge in [0.05, 0.1) is 11.3 Å². The summed E-state index contributed by atoms with van der Waals surface area (Å²) in [7, 11) is 0. The highest BCUT2D eigenvalue weighted by molar-refractivity contribution is 6.31. The number of carbonyl (C=O) groups is 1. The number of nitrogens with one attached hydrogen (secondary N) is 1. The molecule has 0 bridgehead atoms. The van der Waals surface area contributed by atoms with E-state index >= 15 is 0 Å². The van der Waals surface area contributed by atoms with Gasteiger partial charge in [0.2, 0.25) is 0 Å². The number of hydrogen-bond donors (Lipinski definition) is 2. The molecule has 2 N–H and O–H groups in total. The Morgan fingerprint density at radius 3 is 2.62 bits per heavy atom. The van der Waals surface area contributed by atoms with Crippen LogP contribution in [0.1, 0.15) is 29.3 Å². The van der Waals surface area contributed by atoms with Gasteiger partial charge in [-0.15, -0.1) is 0 Å². The quantitative estimate of drug-likeness (QED) is 0.827. The van der Waals surface area contributed by atoms with Gasteiger partial charge in [-0.3, -0.25) is 0 Å². The van der Waals surface area contributed by atoms with Gasteiger partial charge in [-0.1, -0.05) is 41.9 Å². The Morgan fingerprint density at radius 2 is 1.95 bits per heavy atom. The average molecular weight is 304 g/mol. The van der Waals surface area contributed by atoms with Crippen molar-refractivity contribution in [2.45, 2.75) is 25.8 Å². The molecule has 0 aliphatic carbocycles. The minimum absolute atomic E-state index is 0.154. The lowest BCUT2D eigenvalue weighted by atomic mass is 10.1. The topological polar surface area (TPSA) is 49.3 Å². The molecule has 1 atom stereocenters. The smallest absolute Gasteiger partial charge is 0.337 e. The number of aryl methyl sites for hydroxylation is 1. The first-order valence-corrected chi connectivity index (χ1v) is 7.27. The van der Waals surface area contributed by atoms with Crippen molar-refractivity contribution in [1.82, 2.24) is 0 Å². The normalized spacial score (nSPS) is 11.9. The van der Waals surface area contributed by atoms with Crippen LogP contribution in [0.3, 0.4) is 0 Å². The number of carboxylic acid groups (broad SMARTS) is 1. The van der Waals surface area contributed by atoms with E-state index in [1.54, 1.807) is 12.1 Å². The van der Waals surface area contributed by atoms with E-state index in [1.165, 1.54) is 11.6 Å². The molecule has 21 heavy (non-hydrogen) atoms. The van der Waals surface area contributed by atoms with Gasteiger partial charge in [-0.2, -0.15) is 0 Å². The van der Waals surface area contributed by atoms with Crippen molar-refractivity contribution in [3.05, 3.63) is 64.7 Å². The van der Waals surface area contributed by atoms with Gasteiger partial charge in [-0.05, 0) is 43.5 Å². The van der Waals surface area contributed by atoms with Crippen LogP contribution >= 0.6 is 11.6 Å². The minimum Gasteiger partial charge on any atom is -0.478 e. The second-order valence-corrected chi connectivity index (χ2v) is 5.50. The highest BCUT2D eigenvalue weighted by Gasteiger charge is 2.12. The molecule has 0 spiro atoms. The second kappa shape index (κ2) is 7.14. The average Bonchev–Trinajstić information content (AvgIpc) is 2.46. The molecule has 0 fully saturated rings. The summed E-state index contributed by atoms with van der Waals surface area (Å²) < 4.78 is 0. The third-order valence-corrected chi connectivity index (χ3v) is 3.56. The number of aromatic carboxylic acids is 1. The predicted molar refractivity (Wildman–Crippen MR) is 86.3 cm³/mol. The van der Waals surface area contributed by atoms with E-state index in [4.69, 9.17) is 11.6 Å². The molecule has 0 aliphatic heterocycles. The molecular weight excluding hydrogens is 286 g/mol. The largest absolute Gasteiger partial charge is 0.478 e. The molecule has 2 aromatic rings. The van der Waals surface area contributed by atoms with Gasteiger partial charge in [0.15, 0.2) is 0 Å². The van der Waals surface area contributed by atoms with E-state index in [9.17, 15) is 9.90 Å². The summed E-state index contributed by atoms with van der Waals surface area (Å²) in [5.41, 5.74) is 2.08. The molecule has 4 heteroatoms. The molecule has 0 amide bonds. The summed E-state index contributed by atoms with van der Waals surface area (Å²) in [5, 5.41) is 13.0. The van der Waals surface area contributed by atoms with Gasteiger partial charge in [0.1, 0.15) is 0 Å². The lowest BCUT2D eigenvalue weighted by Crippen LogP contribution is -2.18. The Morgan fingerprint density at radius 1 is 1.24 bits per heavy atom. The number of halogens is 1. The zero-order valence-corrected chi connectivity index (χ0v) is 12.6. The maximum Gasteiger partial charge on any atom is 0.337 e. The highest BCUT2D eigenvalue weighted by atomic mass is 35.5. The summed E-state index contributed by atoms with van der Waals surface area (Å²) in [6, 6.07) is 15.1. The van der Waals surface area contributed by atoms with Crippen molar-refractivity contribution in [2.75, 3.05) is 5.32 Å². The fourth-order valence-electron chi connectivity index (χ4n) is 2.19. The Bertz CT molecular complexity index is 613. The first-order valence-electron chi connectivity index (χ1n) is 6.89. The van der Waals surface area contributed by atoms with Crippen LogP contribution in [0.15, 0.2) is 48.5 Å². The van der Waals surface area contributed by atoms with Gasteiger partial charge in [0.25, 0.3) is 0 Å². The number of rotatable bonds is 6. The third kappa shape index (κ3) is 4.50. The molecular formula is C17H18ClNO2. The van der Waals surface area contributed by atoms with Gasteiger partial charge in [0, 0.05) is 11.1 Å². The Hall–Kier alpha value is -2.00. The van der Waals surface area contributed by atoms with Crippen molar-refractivity contribution >= 4 is 23.3 Å². The lowest BCUT2D eigenvalue weighted by Gasteiger charge is -2.17. The SMILES string of the molecule is CC(CCc1ccccc1)Nc1cc(Cl)ccc1C(=O)O. The van der Waals surface area contributed by atoms with Crippen LogP contribution in [0.2, 0.25) is 5.02 Å². The summed E-state index contributed by atoms with van der Waals surface area (Å²) >= 11 is 5.94. The summed E-state index contributed by atoms with van der Waals surface area (Å²) in [4.78, 5) is 11.2. The molecule has 2 rings (SSSR count). The molecule has 1 unspecified atom stereocenters. The molecule has 0 aliphatic rings. The second-order valence-electron chi connectivity index (χ2n) is 5.06. The number of hydrogen-bond acceptors (Lipinski definition) is 2. The van der Waals surface area contributed by atoms with Crippen LogP contribution in [-0.4, -0.2) is 17.1 Å². The van der Waals surface area contributed by atoms with E-state index in [1.807, 2.05) is 25.1 Å². The molecule has 0 radical (unpaired) electrons. The van der Waals surface area contributed by atoms with Gasteiger partial charge >= 0.3 is 5.97 Å². The molecule has 0 saturated heterocycles. The molecule has 0 aromatic heterocycles. The van der Waals surface area contributed by atoms with Crippen molar-refractivity contribution in [3.63, 3.8) is 0 Å². The van der Waals surface area contributed by atoms with E-state index in [-0.39, 0.29) is 11.6 Å². The zero-order valence-electron chi connectivity index (χ0n) is 11.8. The fourth-order valence-corrected chi connectivity index (χ4v) is 2.36. The standard InChI is InChI=1S/C17H18ClNO2/c1-12(7-8-13-5-3-2-4-6-13)19-16-11-14(18)9-10-15(16)17(20)21/h2-6,9-12,19H,7-8H2,1H3,(H,20,21). The molecule has 2 aromatic carbocycles. The van der Waals surface area contributed by atoms with Crippen LogP contribution in [0.4, 0.5) is 5.69 Å². The predicted octanol–water partition coefficient (Wildman–Crippen LogP) is 4.47. The molecule has 0 saturated carbocycles. The monoisotopic (exact) mass is 303 g/mol. The summed E-state index contributed by atoms with van der Waals surface area (Å²) in [6.45, 7) is 2.04. The number of anilines is 1.